The zero-order valence-electron chi connectivity index (χ0n) is 9.88. The molecule has 0 saturated heterocycles. The first kappa shape index (κ1) is 14.5. The highest BCUT2D eigenvalue weighted by atomic mass is 127. The highest BCUT2D eigenvalue weighted by Gasteiger charge is 2.10. The molecule has 1 heterocycles. The third-order valence-corrected chi connectivity index (χ3v) is 5.29. The molecule has 2 aromatic rings. The van der Waals surface area contributed by atoms with Gasteiger partial charge in [-0.1, -0.05) is 0 Å². The quantitative estimate of drug-likeness (QED) is 0.796. The van der Waals surface area contributed by atoms with Gasteiger partial charge in [-0.15, -0.1) is 11.3 Å². The second-order valence-electron chi connectivity index (χ2n) is 3.89. The predicted octanol–water partition coefficient (Wildman–Crippen LogP) is 3.01. The van der Waals surface area contributed by atoms with Gasteiger partial charge in [0.1, 0.15) is 0 Å². The number of carbonyl (C=O) groups excluding carboxylic acids is 1. The minimum atomic E-state index is -3.21. The van der Waals surface area contributed by atoms with Gasteiger partial charge in [-0.05, 0) is 52.9 Å². The summed E-state index contributed by atoms with van der Waals surface area (Å²) in [6.45, 7) is 0. The van der Waals surface area contributed by atoms with Gasteiger partial charge in [0.15, 0.2) is 9.84 Å². The van der Waals surface area contributed by atoms with Crippen molar-refractivity contribution in [2.75, 3.05) is 11.6 Å². The Morgan fingerprint density at radius 1 is 1.26 bits per heavy atom. The molecule has 0 bridgehead atoms. The Morgan fingerprint density at radius 3 is 2.37 bits per heavy atom. The zero-order valence-corrected chi connectivity index (χ0v) is 13.7. The summed E-state index contributed by atoms with van der Waals surface area (Å²) < 4.78 is 23.6. The van der Waals surface area contributed by atoms with Crippen molar-refractivity contribution in [2.45, 2.75) is 4.90 Å². The Labute approximate surface area is 128 Å². The van der Waals surface area contributed by atoms with Gasteiger partial charge in [0.25, 0.3) is 5.91 Å². The summed E-state index contributed by atoms with van der Waals surface area (Å²) >= 11 is 3.65. The number of thiophene rings is 1. The predicted molar refractivity (Wildman–Crippen MR) is 84.5 cm³/mol. The van der Waals surface area contributed by atoms with Crippen LogP contribution in [-0.4, -0.2) is 20.6 Å². The molecule has 0 spiro atoms. The Kier molecular flexibility index (Phi) is 4.26. The van der Waals surface area contributed by atoms with E-state index in [9.17, 15) is 13.2 Å². The van der Waals surface area contributed by atoms with Crippen LogP contribution in [0, 0.1) is 2.88 Å². The lowest BCUT2D eigenvalue weighted by molar-refractivity contribution is 0.102. The van der Waals surface area contributed by atoms with E-state index in [1.54, 1.807) is 23.6 Å². The van der Waals surface area contributed by atoms with Crippen molar-refractivity contribution in [2.24, 2.45) is 0 Å². The average molecular weight is 407 g/mol. The molecule has 2 rings (SSSR count). The van der Waals surface area contributed by atoms with E-state index in [1.807, 2.05) is 0 Å². The Morgan fingerprint density at radius 2 is 1.89 bits per heavy atom. The average Bonchev–Trinajstić information content (AvgIpc) is 2.75. The fourth-order valence-corrected chi connectivity index (χ4v) is 3.37. The molecule has 4 nitrogen and oxygen atoms in total. The van der Waals surface area contributed by atoms with Gasteiger partial charge < -0.3 is 5.32 Å². The number of benzene rings is 1. The van der Waals surface area contributed by atoms with E-state index in [0.29, 0.717) is 11.3 Å². The number of carbonyl (C=O) groups is 1. The third kappa shape index (κ3) is 3.77. The fraction of sp³-hybridized carbons (Fsp3) is 0.0833. The van der Waals surface area contributed by atoms with Crippen LogP contribution in [0.5, 0.6) is 0 Å². The summed E-state index contributed by atoms with van der Waals surface area (Å²) in [6.07, 6.45) is 1.15. The van der Waals surface area contributed by atoms with E-state index in [2.05, 4.69) is 27.9 Å². The van der Waals surface area contributed by atoms with Gasteiger partial charge in [0, 0.05) is 17.3 Å². The van der Waals surface area contributed by atoms with Crippen molar-refractivity contribution in [3.63, 3.8) is 0 Å². The van der Waals surface area contributed by atoms with Gasteiger partial charge in [0.05, 0.1) is 13.3 Å². The molecular formula is C12H10INO3S2. The van der Waals surface area contributed by atoms with E-state index >= 15 is 0 Å². The molecule has 0 aliphatic heterocycles. The van der Waals surface area contributed by atoms with Crippen molar-refractivity contribution in [3.8, 4) is 0 Å². The molecule has 0 radical (unpaired) electrons. The monoisotopic (exact) mass is 407 g/mol. The summed E-state index contributed by atoms with van der Waals surface area (Å²) in [5.74, 6) is -0.203. The number of hydrogen-bond donors (Lipinski definition) is 1. The third-order valence-electron chi connectivity index (χ3n) is 2.37. The highest BCUT2D eigenvalue weighted by molar-refractivity contribution is 14.1. The standard InChI is InChI=1S/C12H10INO3S2/c1-19(16,17)10-4-2-9(3-5-10)14-12(15)8-6-11(13)18-7-8/h2-7H,1H3,(H,14,15). The van der Waals surface area contributed by atoms with Crippen LogP contribution in [-0.2, 0) is 9.84 Å². The Hall–Kier alpha value is -0.930. The second-order valence-corrected chi connectivity index (χ2v) is 8.71. The van der Waals surface area contributed by atoms with Crippen molar-refractivity contribution in [1.29, 1.82) is 0 Å². The molecule has 0 saturated carbocycles. The summed E-state index contributed by atoms with van der Waals surface area (Å²) in [7, 11) is -3.21. The zero-order chi connectivity index (χ0) is 14.0. The van der Waals surface area contributed by atoms with Crippen LogP contribution in [0.1, 0.15) is 10.4 Å². The summed E-state index contributed by atoms with van der Waals surface area (Å²) in [4.78, 5) is 12.1. The second kappa shape index (κ2) is 5.59. The number of hydrogen-bond acceptors (Lipinski definition) is 4. The molecule has 0 unspecified atom stereocenters. The van der Waals surface area contributed by atoms with Crippen LogP contribution < -0.4 is 5.32 Å². The number of nitrogens with one attached hydrogen (secondary N) is 1. The van der Waals surface area contributed by atoms with Crippen LogP contribution in [0.2, 0.25) is 0 Å². The molecule has 1 amide bonds. The van der Waals surface area contributed by atoms with Crippen LogP contribution in [0.25, 0.3) is 0 Å². The van der Waals surface area contributed by atoms with Gasteiger partial charge in [-0.2, -0.15) is 0 Å². The minimum Gasteiger partial charge on any atom is -0.322 e. The molecule has 0 atom stereocenters. The van der Waals surface area contributed by atoms with Crippen LogP contribution in [0.3, 0.4) is 0 Å². The van der Waals surface area contributed by atoms with Gasteiger partial charge in [-0.3, -0.25) is 4.79 Å². The summed E-state index contributed by atoms with van der Waals surface area (Å²) in [6, 6.07) is 7.90. The molecule has 19 heavy (non-hydrogen) atoms. The van der Waals surface area contributed by atoms with E-state index < -0.39 is 9.84 Å². The first-order valence-electron chi connectivity index (χ1n) is 5.22. The van der Waals surface area contributed by atoms with Crippen LogP contribution in [0.15, 0.2) is 40.6 Å². The maximum atomic E-state index is 11.9. The SMILES string of the molecule is CS(=O)(=O)c1ccc(NC(=O)c2csc(I)c2)cc1. The fourth-order valence-electron chi connectivity index (χ4n) is 1.42. The molecule has 1 aromatic carbocycles. The highest BCUT2D eigenvalue weighted by Crippen LogP contribution is 2.19. The molecule has 0 aliphatic carbocycles. The topological polar surface area (TPSA) is 63.2 Å². The largest absolute Gasteiger partial charge is 0.322 e. The lowest BCUT2D eigenvalue weighted by Gasteiger charge is -2.04. The van der Waals surface area contributed by atoms with E-state index in [4.69, 9.17) is 0 Å². The van der Waals surface area contributed by atoms with Crippen LogP contribution in [0.4, 0.5) is 5.69 Å². The van der Waals surface area contributed by atoms with Gasteiger partial charge >= 0.3 is 0 Å². The van der Waals surface area contributed by atoms with Crippen molar-refractivity contribution in [3.05, 3.63) is 44.2 Å². The maximum absolute atomic E-state index is 11.9. The molecule has 7 heteroatoms. The number of anilines is 1. The van der Waals surface area contributed by atoms with Crippen molar-refractivity contribution >= 4 is 55.4 Å². The maximum Gasteiger partial charge on any atom is 0.256 e. The Bertz CT molecular complexity index is 705. The molecule has 0 aliphatic rings. The molecule has 0 fully saturated rings. The normalized spacial score (nSPS) is 11.3. The van der Waals surface area contributed by atoms with E-state index in [-0.39, 0.29) is 10.8 Å². The smallest absolute Gasteiger partial charge is 0.256 e. The molecular weight excluding hydrogens is 397 g/mol. The Balaban J connectivity index is 2.14. The molecule has 100 valence electrons. The van der Waals surface area contributed by atoms with Crippen LogP contribution >= 0.6 is 33.9 Å². The molecule has 1 aromatic heterocycles. The molecule has 1 N–H and O–H groups in total. The minimum absolute atomic E-state index is 0.203. The lowest BCUT2D eigenvalue weighted by atomic mass is 10.3. The number of amides is 1. The van der Waals surface area contributed by atoms with Gasteiger partial charge in [0.2, 0.25) is 0 Å². The van der Waals surface area contributed by atoms with Crippen molar-refractivity contribution in [1.82, 2.24) is 0 Å². The van der Waals surface area contributed by atoms with Gasteiger partial charge in [-0.25, -0.2) is 8.42 Å². The first-order valence-corrected chi connectivity index (χ1v) is 9.07. The first-order chi connectivity index (χ1) is 8.86. The number of sulfone groups is 1. The number of rotatable bonds is 3. The van der Waals surface area contributed by atoms with E-state index in [1.165, 1.54) is 23.5 Å². The van der Waals surface area contributed by atoms with Crippen molar-refractivity contribution < 1.29 is 13.2 Å². The van der Waals surface area contributed by atoms with E-state index in [0.717, 1.165) is 9.14 Å². The summed E-state index contributed by atoms with van der Waals surface area (Å²) in [5, 5.41) is 4.50. The number of halogens is 1. The summed E-state index contributed by atoms with van der Waals surface area (Å²) in [5.41, 5.74) is 1.17. The lowest BCUT2D eigenvalue weighted by Crippen LogP contribution is -2.10.